The number of quaternary nitrogens is 1. The maximum atomic E-state index is 13.0. The second-order valence-corrected chi connectivity index (χ2v) is 8.85. The minimum Gasteiger partial charge on any atom is -0.360 e. The first-order valence-electron chi connectivity index (χ1n) is 10.6. The lowest BCUT2D eigenvalue weighted by molar-refractivity contribution is -0.893. The number of hydrogen-bond donors (Lipinski definition) is 2. The first kappa shape index (κ1) is 21.3. The zero-order chi connectivity index (χ0) is 21.8. The largest absolute Gasteiger partial charge is 0.360 e. The summed E-state index contributed by atoms with van der Waals surface area (Å²) in [4.78, 5) is 17.5. The van der Waals surface area contributed by atoms with Crippen LogP contribution in [-0.4, -0.2) is 45.4 Å². The molecule has 0 radical (unpaired) electrons. The molecule has 0 saturated heterocycles. The molecule has 6 nitrogen and oxygen atoms in total. The highest BCUT2D eigenvalue weighted by atomic mass is 32.2. The third kappa shape index (κ3) is 4.57. The van der Waals surface area contributed by atoms with Crippen LogP contribution in [0.15, 0.2) is 66.0 Å². The highest BCUT2D eigenvalue weighted by Crippen LogP contribution is 2.25. The van der Waals surface area contributed by atoms with E-state index >= 15 is 0 Å². The van der Waals surface area contributed by atoms with Crippen molar-refractivity contribution in [2.75, 3.05) is 19.8 Å². The van der Waals surface area contributed by atoms with Crippen LogP contribution < -0.4 is 4.90 Å². The number of Topliss-reactive ketones (excluding diaryl/α,β-unsaturated/α-hetero) is 1. The SMILES string of the molecule is CC[C@H](c1nnc(SCC(=O)c2c[nH]c3ccccc23)n1Cc1ccccc1)[NH+](C)C. The second-order valence-electron chi connectivity index (χ2n) is 7.91. The third-order valence-electron chi connectivity index (χ3n) is 5.57. The summed E-state index contributed by atoms with van der Waals surface area (Å²) in [5.74, 6) is 1.37. The van der Waals surface area contributed by atoms with Crippen molar-refractivity contribution in [2.24, 2.45) is 0 Å². The molecule has 0 saturated carbocycles. The molecule has 2 aromatic carbocycles. The molecule has 0 amide bonds. The predicted molar refractivity (Wildman–Crippen MR) is 125 cm³/mol. The minimum atomic E-state index is 0.0866. The van der Waals surface area contributed by atoms with Crippen LogP contribution in [0.25, 0.3) is 10.9 Å². The molecule has 0 aliphatic heterocycles. The maximum Gasteiger partial charge on any atom is 0.192 e. The van der Waals surface area contributed by atoms with E-state index in [1.54, 1.807) is 6.20 Å². The van der Waals surface area contributed by atoms with Crippen LogP contribution in [0.4, 0.5) is 0 Å². The molecule has 0 fully saturated rings. The van der Waals surface area contributed by atoms with Crippen LogP contribution in [0.3, 0.4) is 0 Å². The highest BCUT2D eigenvalue weighted by molar-refractivity contribution is 7.99. The smallest absolute Gasteiger partial charge is 0.192 e. The Morgan fingerprint density at radius 2 is 1.84 bits per heavy atom. The number of carbonyl (C=O) groups excluding carboxylic acids is 1. The predicted octanol–water partition coefficient (Wildman–Crippen LogP) is 3.38. The summed E-state index contributed by atoms with van der Waals surface area (Å²) in [5, 5.41) is 10.8. The molecule has 0 bridgehead atoms. The van der Waals surface area contributed by atoms with E-state index < -0.39 is 0 Å². The van der Waals surface area contributed by atoms with Gasteiger partial charge >= 0.3 is 0 Å². The fourth-order valence-corrected chi connectivity index (χ4v) is 4.77. The van der Waals surface area contributed by atoms with Crippen molar-refractivity contribution in [2.45, 2.75) is 31.1 Å². The van der Waals surface area contributed by atoms with E-state index in [1.807, 2.05) is 42.5 Å². The Morgan fingerprint density at radius 3 is 2.58 bits per heavy atom. The van der Waals surface area contributed by atoms with Crippen molar-refractivity contribution in [3.8, 4) is 0 Å². The lowest BCUT2D eigenvalue weighted by Crippen LogP contribution is -3.06. The van der Waals surface area contributed by atoms with Gasteiger partial charge in [0.15, 0.2) is 16.8 Å². The van der Waals surface area contributed by atoms with Crippen LogP contribution >= 0.6 is 11.8 Å². The summed E-state index contributed by atoms with van der Waals surface area (Å²) in [6.07, 6.45) is 2.77. The summed E-state index contributed by atoms with van der Waals surface area (Å²) < 4.78 is 2.17. The van der Waals surface area contributed by atoms with Crippen molar-refractivity contribution >= 4 is 28.4 Å². The number of para-hydroxylation sites is 1. The molecule has 1 atom stereocenters. The van der Waals surface area contributed by atoms with Crippen molar-refractivity contribution in [1.82, 2.24) is 19.7 Å². The van der Waals surface area contributed by atoms with Gasteiger partial charge in [-0.25, -0.2) is 0 Å². The van der Waals surface area contributed by atoms with Gasteiger partial charge in [-0.15, -0.1) is 10.2 Å². The Balaban J connectivity index is 1.60. The molecule has 0 unspecified atom stereocenters. The molecular weight excluding hydrogens is 406 g/mol. The standard InChI is InChI=1S/C24H27N5OS/c1-4-21(28(2)3)23-26-27-24(29(23)15-17-10-6-5-7-11-17)31-16-22(30)19-14-25-20-13-9-8-12-18(19)20/h5-14,21,25H,4,15-16H2,1-3H3/p+1/t21-/m1/s1. The van der Waals surface area contributed by atoms with Gasteiger partial charge in [0, 0.05) is 29.1 Å². The number of nitrogens with one attached hydrogen (secondary N) is 2. The van der Waals surface area contributed by atoms with Gasteiger partial charge in [0.2, 0.25) is 0 Å². The van der Waals surface area contributed by atoms with Gasteiger partial charge < -0.3 is 9.88 Å². The molecule has 4 aromatic rings. The average molecular weight is 435 g/mol. The Bertz CT molecular complexity index is 1170. The van der Waals surface area contributed by atoms with Crippen LogP contribution in [0.2, 0.25) is 0 Å². The zero-order valence-electron chi connectivity index (χ0n) is 18.1. The van der Waals surface area contributed by atoms with Gasteiger partial charge in [-0.1, -0.05) is 67.2 Å². The van der Waals surface area contributed by atoms with E-state index in [2.05, 4.69) is 52.9 Å². The number of nitrogens with zero attached hydrogens (tertiary/aromatic N) is 3. The van der Waals surface area contributed by atoms with Crippen molar-refractivity contribution in [1.29, 1.82) is 0 Å². The molecule has 2 heterocycles. The minimum absolute atomic E-state index is 0.0866. The molecular formula is C24H28N5OS+. The van der Waals surface area contributed by atoms with E-state index in [0.717, 1.165) is 33.9 Å². The quantitative estimate of drug-likeness (QED) is 0.313. The monoisotopic (exact) mass is 434 g/mol. The number of ketones is 1. The molecule has 160 valence electrons. The first-order valence-corrected chi connectivity index (χ1v) is 11.6. The van der Waals surface area contributed by atoms with Gasteiger partial charge in [-0.3, -0.25) is 9.36 Å². The summed E-state index contributed by atoms with van der Waals surface area (Å²) in [6.45, 7) is 2.86. The number of thioether (sulfide) groups is 1. The lowest BCUT2D eigenvalue weighted by Gasteiger charge is -2.20. The van der Waals surface area contributed by atoms with Crippen LogP contribution in [0.1, 0.15) is 41.1 Å². The Morgan fingerprint density at radius 1 is 1.10 bits per heavy atom. The van der Waals surface area contributed by atoms with Gasteiger partial charge in [-0.2, -0.15) is 0 Å². The molecule has 0 spiro atoms. The molecule has 2 N–H and O–H groups in total. The molecule has 31 heavy (non-hydrogen) atoms. The van der Waals surface area contributed by atoms with Crippen LogP contribution in [-0.2, 0) is 6.54 Å². The van der Waals surface area contributed by atoms with E-state index in [1.165, 1.54) is 22.2 Å². The van der Waals surface area contributed by atoms with E-state index in [-0.39, 0.29) is 11.8 Å². The van der Waals surface area contributed by atoms with E-state index in [9.17, 15) is 4.79 Å². The number of carbonyl (C=O) groups is 1. The Kier molecular flexibility index (Phi) is 6.53. The zero-order valence-corrected chi connectivity index (χ0v) is 18.9. The normalized spacial score (nSPS) is 12.5. The van der Waals surface area contributed by atoms with Crippen molar-refractivity contribution in [3.05, 3.63) is 77.7 Å². The highest BCUT2D eigenvalue weighted by Gasteiger charge is 2.25. The Hall–Kier alpha value is -2.90. The van der Waals surface area contributed by atoms with Crippen LogP contribution in [0, 0.1) is 0 Å². The third-order valence-corrected chi connectivity index (χ3v) is 6.53. The number of rotatable bonds is 9. The summed E-state index contributed by atoms with van der Waals surface area (Å²) in [6, 6.07) is 18.5. The van der Waals surface area contributed by atoms with Crippen molar-refractivity contribution in [3.63, 3.8) is 0 Å². The van der Waals surface area contributed by atoms with E-state index in [4.69, 9.17) is 0 Å². The Labute approximate surface area is 186 Å². The fraction of sp³-hybridized carbons (Fsp3) is 0.292. The van der Waals surface area contributed by atoms with Gasteiger partial charge in [0.05, 0.1) is 26.4 Å². The summed E-state index contributed by atoms with van der Waals surface area (Å²) in [7, 11) is 4.28. The molecule has 2 aromatic heterocycles. The summed E-state index contributed by atoms with van der Waals surface area (Å²) >= 11 is 1.46. The lowest BCUT2D eigenvalue weighted by atomic mass is 10.1. The van der Waals surface area contributed by atoms with E-state index in [0.29, 0.717) is 12.3 Å². The number of aromatic amines is 1. The first-order chi connectivity index (χ1) is 15.1. The van der Waals surface area contributed by atoms with Gasteiger partial charge in [0.1, 0.15) is 6.04 Å². The average Bonchev–Trinajstić information content (AvgIpc) is 3.38. The summed E-state index contributed by atoms with van der Waals surface area (Å²) in [5.41, 5.74) is 2.89. The maximum absolute atomic E-state index is 13.0. The number of fused-ring (bicyclic) bond motifs is 1. The number of H-pyrrole nitrogens is 1. The molecule has 7 heteroatoms. The van der Waals surface area contributed by atoms with Gasteiger partial charge in [-0.05, 0) is 11.6 Å². The van der Waals surface area contributed by atoms with Gasteiger partial charge in [0.25, 0.3) is 0 Å². The second kappa shape index (κ2) is 9.49. The number of hydrogen-bond acceptors (Lipinski definition) is 4. The van der Waals surface area contributed by atoms with Crippen LogP contribution in [0.5, 0.6) is 0 Å². The molecule has 0 aliphatic rings. The number of benzene rings is 2. The fourth-order valence-electron chi connectivity index (χ4n) is 3.94. The molecule has 0 aliphatic carbocycles. The number of aromatic nitrogens is 4. The molecule has 4 rings (SSSR count). The topological polar surface area (TPSA) is 68.0 Å². The van der Waals surface area contributed by atoms with Crippen molar-refractivity contribution < 1.29 is 9.69 Å².